The minimum atomic E-state index is -0.151. The molecule has 1 aromatic carbocycles. The first-order valence-electron chi connectivity index (χ1n) is 7.10. The van der Waals surface area contributed by atoms with Gasteiger partial charge in [-0.1, -0.05) is 18.2 Å². The van der Waals surface area contributed by atoms with E-state index in [9.17, 15) is 4.79 Å². The van der Waals surface area contributed by atoms with Crippen molar-refractivity contribution in [2.24, 2.45) is 10.9 Å². The molecule has 21 heavy (non-hydrogen) atoms. The van der Waals surface area contributed by atoms with Crippen LogP contribution in [0.15, 0.2) is 35.0 Å². The lowest BCUT2D eigenvalue weighted by Gasteiger charge is -2.21. The zero-order valence-corrected chi connectivity index (χ0v) is 12.0. The smallest absolute Gasteiger partial charge is 0.275 e. The highest BCUT2D eigenvalue weighted by atomic mass is 16.5. The normalized spacial score (nSPS) is 21.3. The van der Waals surface area contributed by atoms with Gasteiger partial charge in [0, 0.05) is 24.7 Å². The fraction of sp³-hybridized carbons (Fsp3) is 0.375. The molecule has 1 N–H and O–H groups in total. The fourth-order valence-corrected chi connectivity index (χ4v) is 2.58. The van der Waals surface area contributed by atoms with Gasteiger partial charge in [0.05, 0.1) is 7.11 Å². The number of benzene rings is 1. The summed E-state index contributed by atoms with van der Waals surface area (Å²) in [5.41, 5.74) is 1.28. The number of hydrogen-bond donors (Lipinski definition) is 1. The molecule has 1 fully saturated rings. The Morgan fingerprint density at radius 3 is 2.86 bits per heavy atom. The van der Waals surface area contributed by atoms with Gasteiger partial charge in [0.2, 0.25) is 0 Å². The number of carbonyl (C=O) groups is 1. The molecule has 110 valence electrons. The molecule has 2 heterocycles. The molecular formula is C16H18N2O3. The molecule has 3 rings (SSSR count). The van der Waals surface area contributed by atoms with Crippen LogP contribution in [0.25, 0.3) is 6.08 Å². The van der Waals surface area contributed by atoms with E-state index < -0.39 is 0 Å². The molecule has 0 aromatic heterocycles. The number of amidine groups is 1. The maximum Gasteiger partial charge on any atom is 0.275 e. The van der Waals surface area contributed by atoms with Gasteiger partial charge in [-0.3, -0.25) is 4.79 Å². The van der Waals surface area contributed by atoms with Gasteiger partial charge in [0.1, 0.15) is 17.3 Å². The van der Waals surface area contributed by atoms with Crippen molar-refractivity contribution in [1.82, 2.24) is 5.32 Å². The number of methoxy groups -OCH3 is 1. The topological polar surface area (TPSA) is 59.9 Å². The summed E-state index contributed by atoms with van der Waals surface area (Å²) in [6.07, 6.45) is 3.57. The molecule has 0 unspecified atom stereocenters. The lowest BCUT2D eigenvalue weighted by Crippen LogP contribution is -2.33. The largest absolute Gasteiger partial charge is 0.496 e. The summed E-state index contributed by atoms with van der Waals surface area (Å²) in [4.78, 5) is 16.5. The Morgan fingerprint density at radius 1 is 1.33 bits per heavy atom. The van der Waals surface area contributed by atoms with Crippen LogP contribution in [0, 0.1) is 5.92 Å². The van der Waals surface area contributed by atoms with Gasteiger partial charge in [-0.2, -0.15) is 0 Å². The summed E-state index contributed by atoms with van der Waals surface area (Å²) in [6, 6.07) is 7.57. The number of rotatable bonds is 3. The molecule has 1 amide bonds. The Labute approximate surface area is 123 Å². The van der Waals surface area contributed by atoms with Gasteiger partial charge in [0.25, 0.3) is 5.91 Å². The fourth-order valence-electron chi connectivity index (χ4n) is 2.58. The van der Waals surface area contributed by atoms with Crippen LogP contribution in [0.2, 0.25) is 0 Å². The highest BCUT2D eigenvalue weighted by Gasteiger charge is 2.27. The molecule has 0 bridgehead atoms. The molecule has 0 spiro atoms. The Balaban J connectivity index is 1.85. The van der Waals surface area contributed by atoms with E-state index in [4.69, 9.17) is 9.47 Å². The summed E-state index contributed by atoms with van der Waals surface area (Å²) < 4.78 is 10.6. The average Bonchev–Trinajstić information content (AvgIpc) is 2.90. The molecular weight excluding hydrogens is 268 g/mol. The number of carbonyl (C=O) groups excluding carboxylic acids is 1. The maximum absolute atomic E-state index is 12.1. The standard InChI is InChI=1S/C16H18N2O3/c1-20-14-5-3-2-4-12(14)10-13-16(19)18-15(17-13)11-6-8-21-9-7-11/h2-5,10-11H,6-9H2,1H3,(H,17,18,19)/b13-10-. The van der Waals surface area contributed by atoms with E-state index in [0.717, 1.165) is 43.2 Å². The van der Waals surface area contributed by atoms with E-state index in [2.05, 4.69) is 10.3 Å². The van der Waals surface area contributed by atoms with Crippen molar-refractivity contribution in [2.75, 3.05) is 20.3 Å². The van der Waals surface area contributed by atoms with Gasteiger partial charge in [-0.15, -0.1) is 0 Å². The first-order chi connectivity index (χ1) is 10.3. The van der Waals surface area contributed by atoms with Crippen molar-refractivity contribution in [1.29, 1.82) is 0 Å². The Morgan fingerprint density at radius 2 is 2.10 bits per heavy atom. The maximum atomic E-state index is 12.1. The third-order valence-electron chi connectivity index (χ3n) is 3.75. The van der Waals surface area contributed by atoms with Crippen LogP contribution in [0.4, 0.5) is 0 Å². The van der Waals surface area contributed by atoms with E-state index in [0.29, 0.717) is 5.70 Å². The van der Waals surface area contributed by atoms with Gasteiger partial charge in [-0.05, 0) is 25.0 Å². The Bertz CT molecular complexity index is 601. The molecule has 1 saturated heterocycles. The summed E-state index contributed by atoms with van der Waals surface area (Å²) in [7, 11) is 1.61. The van der Waals surface area contributed by atoms with Crippen molar-refractivity contribution in [3.63, 3.8) is 0 Å². The number of ether oxygens (including phenoxy) is 2. The van der Waals surface area contributed by atoms with E-state index in [1.165, 1.54) is 0 Å². The third-order valence-corrected chi connectivity index (χ3v) is 3.75. The van der Waals surface area contributed by atoms with Crippen molar-refractivity contribution in [3.8, 4) is 5.75 Å². The number of amides is 1. The average molecular weight is 286 g/mol. The van der Waals surface area contributed by atoms with E-state index in [1.807, 2.05) is 24.3 Å². The summed E-state index contributed by atoms with van der Waals surface area (Å²) in [5.74, 6) is 1.63. The van der Waals surface area contributed by atoms with Crippen molar-refractivity contribution < 1.29 is 14.3 Å². The van der Waals surface area contributed by atoms with Gasteiger partial charge < -0.3 is 14.8 Å². The number of para-hydroxylation sites is 1. The second kappa shape index (κ2) is 6.10. The quantitative estimate of drug-likeness (QED) is 0.864. The monoisotopic (exact) mass is 286 g/mol. The molecule has 0 radical (unpaired) electrons. The highest BCUT2D eigenvalue weighted by Crippen LogP contribution is 2.24. The summed E-state index contributed by atoms with van der Waals surface area (Å²) in [6.45, 7) is 1.45. The Hall–Kier alpha value is -2.14. The van der Waals surface area contributed by atoms with E-state index in [-0.39, 0.29) is 11.8 Å². The summed E-state index contributed by atoms with van der Waals surface area (Å²) >= 11 is 0. The molecule has 0 aliphatic carbocycles. The second-order valence-electron chi connectivity index (χ2n) is 5.11. The lowest BCUT2D eigenvalue weighted by atomic mass is 9.99. The van der Waals surface area contributed by atoms with Gasteiger partial charge in [-0.25, -0.2) is 4.99 Å². The summed E-state index contributed by atoms with van der Waals surface area (Å²) in [5, 5.41) is 2.88. The van der Waals surface area contributed by atoms with Crippen LogP contribution >= 0.6 is 0 Å². The number of nitrogens with zero attached hydrogens (tertiary/aromatic N) is 1. The number of aliphatic imine (C=N–C) groups is 1. The Kier molecular flexibility index (Phi) is 4.01. The van der Waals surface area contributed by atoms with Crippen LogP contribution in [0.1, 0.15) is 18.4 Å². The highest BCUT2D eigenvalue weighted by molar-refractivity contribution is 6.15. The molecule has 5 nitrogen and oxygen atoms in total. The van der Waals surface area contributed by atoms with Gasteiger partial charge in [0.15, 0.2) is 0 Å². The second-order valence-corrected chi connectivity index (χ2v) is 5.11. The molecule has 2 aliphatic rings. The zero-order valence-electron chi connectivity index (χ0n) is 12.0. The minimum Gasteiger partial charge on any atom is -0.496 e. The predicted octanol–water partition coefficient (Wildman–Crippen LogP) is 1.99. The van der Waals surface area contributed by atoms with E-state index in [1.54, 1.807) is 13.2 Å². The third kappa shape index (κ3) is 2.97. The van der Waals surface area contributed by atoms with E-state index >= 15 is 0 Å². The van der Waals surface area contributed by atoms with Gasteiger partial charge >= 0.3 is 0 Å². The first kappa shape index (κ1) is 13.8. The molecule has 2 aliphatic heterocycles. The minimum absolute atomic E-state index is 0.151. The van der Waals surface area contributed by atoms with Crippen molar-refractivity contribution in [2.45, 2.75) is 12.8 Å². The molecule has 5 heteroatoms. The van der Waals surface area contributed by atoms with Crippen LogP contribution in [0.5, 0.6) is 5.75 Å². The van der Waals surface area contributed by atoms with Crippen LogP contribution in [-0.2, 0) is 9.53 Å². The molecule has 0 saturated carbocycles. The van der Waals surface area contributed by atoms with Crippen LogP contribution in [0.3, 0.4) is 0 Å². The van der Waals surface area contributed by atoms with Crippen LogP contribution < -0.4 is 10.1 Å². The van der Waals surface area contributed by atoms with Crippen LogP contribution in [-0.4, -0.2) is 32.1 Å². The molecule has 1 aromatic rings. The lowest BCUT2D eigenvalue weighted by molar-refractivity contribution is -0.115. The SMILES string of the molecule is COc1ccccc1/C=C1\N=C(C2CCOCC2)NC1=O. The molecule has 0 atom stereocenters. The predicted molar refractivity (Wildman–Crippen MR) is 80.1 cm³/mol. The van der Waals surface area contributed by atoms with Crippen molar-refractivity contribution >= 4 is 17.8 Å². The first-order valence-corrected chi connectivity index (χ1v) is 7.10. The van der Waals surface area contributed by atoms with Crippen molar-refractivity contribution in [3.05, 3.63) is 35.5 Å². The zero-order chi connectivity index (χ0) is 14.7. The number of hydrogen-bond acceptors (Lipinski definition) is 4. The number of nitrogens with one attached hydrogen (secondary N) is 1.